The average Bonchev–Trinajstić information content (AvgIpc) is 3.62. The van der Waals surface area contributed by atoms with Gasteiger partial charge in [-0.1, -0.05) is 19.4 Å². The van der Waals surface area contributed by atoms with Crippen molar-refractivity contribution in [1.82, 2.24) is 19.4 Å². The molecule has 1 aromatic heterocycles. The Morgan fingerprint density at radius 1 is 1.19 bits per heavy atom. The van der Waals surface area contributed by atoms with Gasteiger partial charge in [0.05, 0.1) is 18.8 Å². The van der Waals surface area contributed by atoms with Crippen molar-refractivity contribution in [2.45, 2.75) is 51.1 Å². The van der Waals surface area contributed by atoms with E-state index in [0.717, 1.165) is 18.4 Å². The van der Waals surface area contributed by atoms with Crippen molar-refractivity contribution in [2.75, 3.05) is 39.6 Å². The fraction of sp³-hybridized carbons (Fsp3) is 0.577. The van der Waals surface area contributed by atoms with Gasteiger partial charge >= 0.3 is 5.97 Å². The van der Waals surface area contributed by atoms with Crippen LogP contribution in [0.5, 0.6) is 11.5 Å². The lowest BCUT2D eigenvalue weighted by Crippen LogP contribution is -2.45. The SMILES string of the molecule is CCCCN(CCCO)C(=O)CN1C[C@H](c2ccc3c(c2)OCO3)[C@@H](C(=O)O)[C@@H]1CCn1ccnc1. The molecule has 2 N–H and O–H groups in total. The number of ether oxygens (including phenoxy) is 2. The van der Waals surface area contributed by atoms with Gasteiger partial charge in [0.15, 0.2) is 11.5 Å². The van der Waals surface area contributed by atoms with Crippen molar-refractivity contribution >= 4 is 11.9 Å². The fourth-order valence-corrected chi connectivity index (χ4v) is 5.28. The van der Waals surface area contributed by atoms with Crippen molar-refractivity contribution < 1.29 is 29.3 Å². The number of carboxylic acids is 1. The van der Waals surface area contributed by atoms with E-state index in [9.17, 15) is 19.8 Å². The molecule has 2 aliphatic rings. The highest BCUT2D eigenvalue weighted by molar-refractivity contribution is 5.79. The van der Waals surface area contributed by atoms with Crippen LogP contribution in [0.15, 0.2) is 36.9 Å². The lowest BCUT2D eigenvalue weighted by Gasteiger charge is -2.29. The standard InChI is InChI=1S/C26H36N4O6/c1-2-3-9-29(10-4-13-31)24(32)16-30-15-20(19-5-6-22-23(14-19)36-18-35-22)25(26(33)34)21(30)7-11-28-12-8-27-17-28/h5-6,8,12,14,17,20-21,25,31H,2-4,7,9-11,13,15-16,18H2,1H3,(H,33,34)/t20-,21+,25-/m1/s1. The number of hydrogen-bond acceptors (Lipinski definition) is 7. The van der Waals surface area contributed by atoms with Crippen LogP contribution < -0.4 is 9.47 Å². The number of benzene rings is 1. The summed E-state index contributed by atoms with van der Waals surface area (Å²) in [5.74, 6) is -0.590. The number of likely N-dealkylation sites (tertiary alicyclic amines) is 1. The quantitative estimate of drug-likeness (QED) is 0.430. The first-order valence-electron chi connectivity index (χ1n) is 12.7. The van der Waals surface area contributed by atoms with Gasteiger partial charge in [-0.2, -0.15) is 0 Å². The molecular formula is C26H36N4O6. The van der Waals surface area contributed by atoms with Crippen LogP contribution >= 0.6 is 0 Å². The Kier molecular flexibility index (Phi) is 8.82. The third-order valence-electron chi connectivity index (χ3n) is 7.16. The molecule has 36 heavy (non-hydrogen) atoms. The van der Waals surface area contributed by atoms with Gasteiger partial charge in [0.2, 0.25) is 12.7 Å². The van der Waals surface area contributed by atoms with Gasteiger partial charge in [0, 0.05) is 57.1 Å². The number of nitrogens with zero attached hydrogens (tertiary/aromatic N) is 4. The van der Waals surface area contributed by atoms with Crippen LogP contribution in [0.4, 0.5) is 0 Å². The number of rotatable bonds is 13. The van der Waals surface area contributed by atoms with Crippen molar-refractivity contribution in [1.29, 1.82) is 0 Å². The number of hydrogen-bond donors (Lipinski definition) is 2. The molecule has 3 heterocycles. The molecule has 0 aliphatic carbocycles. The summed E-state index contributed by atoms with van der Waals surface area (Å²) in [5.41, 5.74) is 0.873. The van der Waals surface area contributed by atoms with Crippen LogP contribution in [0, 0.1) is 5.92 Å². The van der Waals surface area contributed by atoms with Gasteiger partial charge in [-0.15, -0.1) is 0 Å². The molecule has 1 amide bonds. The van der Waals surface area contributed by atoms with Crippen molar-refractivity contribution in [2.24, 2.45) is 5.92 Å². The first-order chi connectivity index (χ1) is 17.5. The van der Waals surface area contributed by atoms with E-state index < -0.39 is 11.9 Å². The molecule has 0 radical (unpaired) electrons. The van der Waals surface area contributed by atoms with Gasteiger partial charge in [-0.05, 0) is 37.0 Å². The molecular weight excluding hydrogens is 464 g/mol. The molecule has 2 aliphatic heterocycles. The molecule has 0 bridgehead atoms. The summed E-state index contributed by atoms with van der Waals surface area (Å²) < 4.78 is 12.9. The number of carboxylic acid groups (broad SMARTS) is 1. The van der Waals surface area contributed by atoms with E-state index in [0.29, 0.717) is 50.5 Å². The molecule has 0 unspecified atom stereocenters. The van der Waals surface area contributed by atoms with Crippen LogP contribution in [-0.4, -0.2) is 87.1 Å². The maximum atomic E-state index is 13.4. The first kappa shape index (κ1) is 26.0. The maximum Gasteiger partial charge on any atom is 0.308 e. The molecule has 1 aromatic carbocycles. The van der Waals surface area contributed by atoms with Crippen LogP contribution in [0.25, 0.3) is 0 Å². The van der Waals surface area contributed by atoms with E-state index in [1.165, 1.54) is 0 Å². The van der Waals surface area contributed by atoms with E-state index in [1.54, 1.807) is 17.4 Å². The second-order valence-electron chi connectivity index (χ2n) is 9.48. The maximum absolute atomic E-state index is 13.4. The van der Waals surface area contributed by atoms with Crippen LogP contribution in [-0.2, 0) is 16.1 Å². The number of fused-ring (bicyclic) bond motifs is 1. The summed E-state index contributed by atoms with van der Waals surface area (Å²) in [5, 5.41) is 19.6. The second kappa shape index (κ2) is 12.2. The lowest BCUT2D eigenvalue weighted by molar-refractivity contribution is -0.144. The number of aryl methyl sites for hydroxylation is 1. The largest absolute Gasteiger partial charge is 0.481 e. The molecule has 10 heteroatoms. The highest BCUT2D eigenvalue weighted by atomic mass is 16.7. The molecule has 10 nitrogen and oxygen atoms in total. The lowest BCUT2D eigenvalue weighted by atomic mass is 9.84. The Morgan fingerprint density at radius 3 is 2.72 bits per heavy atom. The van der Waals surface area contributed by atoms with Crippen LogP contribution in [0.3, 0.4) is 0 Å². The summed E-state index contributed by atoms with van der Waals surface area (Å²) in [6, 6.07) is 5.28. The monoisotopic (exact) mass is 500 g/mol. The number of amides is 1. The summed E-state index contributed by atoms with van der Waals surface area (Å²) in [6.45, 7) is 4.61. The number of imidazole rings is 1. The number of aliphatic carboxylic acids is 1. The van der Waals surface area contributed by atoms with E-state index in [2.05, 4.69) is 11.9 Å². The van der Waals surface area contributed by atoms with E-state index in [-0.39, 0.29) is 37.8 Å². The van der Waals surface area contributed by atoms with Gasteiger partial charge in [-0.3, -0.25) is 14.5 Å². The predicted octanol–water partition coefficient (Wildman–Crippen LogP) is 2.18. The molecule has 4 rings (SSSR count). The molecule has 1 saturated heterocycles. The summed E-state index contributed by atoms with van der Waals surface area (Å²) >= 11 is 0. The van der Waals surface area contributed by atoms with Crippen LogP contribution in [0.2, 0.25) is 0 Å². The Bertz CT molecular complexity index is 1010. The van der Waals surface area contributed by atoms with Gasteiger partial charge in [0.1, 0.15) is 0 Å². The van der Waals surface area contributed by atoms with Crippen molar-refractivity contribution in [3.05, 3.63) is 42.5 Å². The van der Waals surface area contributed by atoms with Crippen LogP contribution in [0.1, 0.15) is 44.1 Å². The molecule has 0 spiro atoms. The Labute approximate surface area is 211 Å². The number of aliphatic hydroxyl groups excluding tert-OH is 1. The third-order valence-corrected chi connectivity index (χ3v) is 7.16. The highest BCUT2D eigenvalue weighted by Gasteiger charge is 2.47. The molecule has 1 fully saturated rings. The normalized spacial score (nSPS) is 21.1. The van der Waals surface area contributed by atoms with Gasteiger partial charge < -0.3 is 29.2 Å². The Morgan fingerprint density at radius 2 is 2.00 bits per heavy atom. The highest BCUT2D eigenvalue weighted by Crippen LogP contribution is 2.42. The minimum atomic E-state index is -0.869. The zero-order valence-electron chi connectivity index (χ0n) is 20.8. The van der Waals surface area contributed by atoms with Gasteiger partial charge in [-0.25, -0.2) is 4.98 Å². The van der Waals surface area contributed by atoms with Gasteiger partial charge in [0.25, 0.3) is 0 Å². The Hall–Kier alpha value is -3.11. The smallest absolute Gasteiger partial charge is 0.308 e. The summed E-state index contributed by atoms with van der Waals surface area (Å²) in [6.07, 6.45) is 8.23. The minimum absolute atomic E-state index is 0.0278. The summed E-state index contributed by atoms with van der Waals surface area (Å²) in [4.78, 5) is 33.9. The molecule has 196 valence electrons. The topological polar surface area (TPSA) is 117 Å². The zero-order chi connectivity index (χ0) is 25.5. The van der Waals surface area contributed by atoms with Crippen molar-refractivity contribution in [3.8, 4) is 11.5 Å². The second-order valence-corrected chi connectivity index (χ2v) is 9.48. The first-order valence-corrected chi connectivity index (χ1v) is 12.7. The fourth-order valence-electron chi connectivity index (χ4n) is 5.28. The van der Waals surface area contributed by atoms with E-state index in [1.807, 2.05) is 33.9 Å². The number of unbranched alkanes of at least 4 members (excludes halogenated alkanes) is 1. The summed E-state index contributed by atoms with van der Waals surface area (Å²) in [7, 11) is 0. The minimum Gasteiger partial charge on any atom is -0.481 e. The third kappa shape index (κ3) is 5.99. The number of carbonyl (C=O) groups is 2. The van der Waals surface area contributed by atoms with Crippen molar-refractivity contribution in [3.63, 3.8) is 0 Å². The van der Waals surface area contributed by atoms with E-state index in [4.69, 9.17) is 9.47 Å². The average molecular weight is 501 g/mol. The zero-order valence-corrected chi connectivity index (χ0v) is 20.8. The number of aliphatic hydroxyl groups is 1. The van der Waals surface area contributed by atoms with E-state index >= 15 is 0 Å². The Balaban J connectivity index is 1.58. The molecule has 2 aromatic rings. The number of carbonyl (C=O) groups excluding carboxylic acids is 1. The molecule has 0 saturated carbocycles. The number of aromatic nitrogens is 2. The molecule has 3 atom stereocenters. The predicted molar refractivity (Wildman–Crippen MR) is 132 cm³/mol.